The van der Waals surface area contributed by atoms with E-state index in [9.17, 15) is 9.50 Å². The Morgan fingerprint density at radius 3 is 2.13 bits per heavy atom. The van der Waals surface area contributed by atoms with Gasteiger partial charge in [-0.2, -0.15) is 0 Å². The summed E-state index contributed by atoms with van der Waals surface area (Å²) in [5.41, 5.74) is 2.27. The lowest BCUT2D eigenvalue weighted by Gasteiger charge is -2.51. The smallest absolute Gasteiger partial charge is 0.123 e. The molecule has 23 heavy (non-hydrogen) atoms. The Kier molecular flexibility index (Phi) is 3.92. The van der Waals surface area contributed by atoms with Crippen LogP contribution in [0.5, 0.6) is 0 Å². The Morgan fingerprint density at radius 2 is 1.52 bits per heavy atom. The molecule has 3 aliphatic heterocycles. The van der Waals surface area contributed by atoms with Gasteiger partial charge in [-0.05, 0) is 55.1 Å². The highest BCUT2D eigenvalue weighted by atomic mass is 19.1. The van der Waals surface area contributed by atoms with Crippen LogP contribution >= 0.6 is 0 Å². The minimum absolute atomic E-state index is 0.0786. The predicted molar refractivity (Wildman–Crippen MR) is 88.8 cm³/mol. The molecule has 2 aromatic carbocycles. The fraction of sp³-hybridized carbons (Fsp3) is 0.400. The van der Waals surface area contributed by atoms with Crippen molar-refractivity contribution < 1.29 is 9.50 Å². The van der Waals surface area contributed by atoms with Gasteiger partial charge in [-0.15, -0.1) is 0 Å². The highest BCUT2D eigenvalue weighted by Crippen LogP contribution is 2.41. The van der Waals surface area contributed by atoms with Crippen LogP contribution in [0.4, 0.5) is 4.39 Å². The number of rotatable bonds is 3. The molecule has 3 aliphatic rings. The zero-order valence-corrected chi connectivity index (χ0v) is 13.1. The molecule has 0 aromatic heterocycles. The maximum atomic E-state index is 13.4. The van der Waals surface area contributed by atoms with Crippen LogP contribution in [0.2, 0.25) is 0 Å². The summed E-state index contributed by atoms with van der Waals surface area (Å²) in [5.74, 6) is 0.262. The molecule has 0 spiro atoms. The molecule has 0 aliphatic carbocycles. The number of piperidine rings is 3. The van der Waals surface area contributed by atoms with E-state index >= 15 is 0 Å². The number of fused-ring (bicyclic) bond motifs is 3. The lowest BCUT2D eigenvalue weighted by molar-refractivity contribution is -0.0775. The number of hydrogen-bond donors (Lipinski definition) is 1. The van der Waals surface area contributed by atoms with Gasteiger partial charge in [-0.25, -0.2) is 4.39 Å². The van der Waals surface area contributed by atoms with Crippen molar-refractivity contribution in [2.24, 2.45) is 5.92 Å². The SMILES string of the molecule is O[C@@H]1C2CCN(CC2)[C@@H]1[C@@H](c1ccccc1)c1ccc(F)cc1. The first-order valence-corrected chi connectivity index (χ1v) is 8.46. The fourth-order valence-corrected chi connectivity index (χ4v) is 4.38. The number of hydrogen-bond acceptors (Lipinski definition) is 2. The van der Waals surface area contributed by atoms with Crippen molar-refractivity contribution in [3.8, 4) is 0 Å². The lowest BCUT2D eigenvalue weighted by Crippen LogP contribution is -2.60. The third-order valence-electron chi connectivity index (χ3n) is 5.56. The van der Waals surface area contributed by atoms with Gasteiger partial charge in [0.25, 0.3) is 0 Å². The summed E-state index contributed by atoms with van der Waals surface area (Å²) in [4.78, 5) is 2.42. The first-order valence-electron chi connectivity index (χ1n) is 8.46. The van der Waals surface area contributed by atoms with E-state index in [1.165, 1.54) is 17.7 Å². The molecule has 2 nitrogen and oxygen atoms in total. The minimum Gasteiger partial charge on any atom is -0.391 e. The van der Waals surface area contributed by atoms with Gasteiger partial charge < -0.3 is 5.11 Å². The number of benzene rings is 2. The van der Waals surface area contributed by atoms with Crippen LogP contribution in [-0.2, 0) is 0 Å². The summed E-state index contributed by atoms with van der Waals surface area (Å²) in [5, 5.41) is 10.9. The third kappa shape index (κ3) is 2.68. The van der Waals surface area contributed by atoms with Crippen molar-refractivity contribution in [2.75, 3.05) is 13.1 Å². The van der Waals surface area contributed by atoms with Gasteiger partial charge in [0.15, 0.2) is 0 Å². The fourth-order valence-electron chi connectivity index (χ4n) is 4.38. The standard InChI is InChI=1S/C20H22FNO/c21-17-8-6-15(7-9-17)18(14-4-2-1-3-5-14)19-20(23)16-10-12-22(19)13-11-16/h1-9,16,18-20,23H,10-13H2/t18-,19+,20+/m0/s1. The average molecular weight is 311 g/mol. The summed E-state index contributed by atoms with van der Waals surface area (Å²) in [6.45, 7) is 2.11. The molecule has 0 saturated carbocycles. The van der Waals surface area contributed by atoms with Crippen molar-refractivity contribution in [3.63, 3.8) is 0 Å². The van der Waals surface area contributed by atoms with Crippen LogP contribution in [0.1, 0.15) is 29.9 Å². The van der Waals surface area contributed by atoms with Crippen molar-refractivity contribution in [2.45, 2.75) is 30.9 Å². The van der Waals surface area contributed by atoms with Gasteiger partial charge >= 0.3 is 0 Å². The third-order valence-corrected chi connectivity index (χ3v) is 5.56. The summed E-state index contributed by atoms with van der Waals surface area (Å²) in [6.07, 6.45) is 1.86. The molecule has 0 amide bonds. The second kappa shape index (κ2) is 6.06. The van der Waals surface area contributed by atoms with Crippen molar-refractivity contribution in [1.29, 1.82) is 0 Å². The van der Waals surface area contributed by atoms with Crippen molar-refractivity contribution in [3.05, 3.63) is 71.5 Å². The molecule has 3 heterocycles. The summed E-state index contributed by atoms with van der Waals surface area (Å²) in [6, 6.07) is 17.2. The van der Waals surface area contributed by atoms with Crippen LogP contribution < -0.4 is 0 Å². The van der Waals surface area contributed by atoms with Crippen LogP contribution in [-0.4, -0.2) is 35.2 Å². The Labute approximate surface area is 136 Å². The van der Waals surface area contributed by atoms with E-state index in [2.05, 4.69) is 17.0 Å². The quantitative estimate of drug-likeness (QED) is 0.939. The van der Waals surface area contributed by atoms with Crippen LogP contribution in [0.3, 0.4) is 0 Å². The van der Waals surface area contributed by atoms with E-state index in [-0.39, 0.29) is 23.9 Å². The van der Waals surface area contributed by atoms with E-state index in [0.717, 1.165) is 31.5 Å². The molecular weight excluding hydrogens is 289 g/mol. The molecule has 3 fully saturated rings. The number of aliphatic hydroxyl groups is 1. The van der Waals surface area contributed by atoms with Gasteiger partial charge in [-0.3, -0.25) is 4.90 Å². The van der Waals surface area contributed by atoms with Gasteiger partial charge in [0.2, 0.25) is 0 Å². The largest absolute Gasteiger partial charge is 0.391 e. The molecule has 2 aromatic rings. The summed E-state index contributed by atoms with van der Waals surface area (Å²) < 4.78 is 13.4. The van der Waals surface area contributed by atoms with Crippen LogP contribution in [0.25, 0.3) is 0 Å². The zero-order valence-electron chi connectivity index (χ0n) is 13.1. The molecule has 1 N–H and O–H groups in total. The lowest BCUT2D eigenvalue weighted by atomic mass is 9.72. The minimum atomic E-state index is -0.312. The molecule has 5 rings (SSSR count). The number of halogens is 1. The van der Waals surface area contributed by atoms with Crippen LogP contribution in [0.15, 0.2) is 54.6 Å². The van der Waals surface area contributed by atoms with E-state index in [4.69, 9.17) is 0 Å². The Hall–Kier alpha value is -1.71. The Balaban J connectivity index is 1.78. The monoisotopic (exact) mass is 311 g/mol. The second-order valence-electron chi connectivity index (χ2n) is 6.79. The average Bonchev–Trinajstić information content (AvgIpc) is 2.61. The van der Waals surface area contributed by atoms with E-state index < -0.39 is 0 Å². The first-order chi connectivity index (χ1) is 11.2. The van der Waals surface area contributed by atoms with Crippen molar-refractivity contribution in [1.82, 2.24) is 4.90 Å². The molecular formula is C20H22FNO. The first kappa shape index (κ1) is 14.9. The van der Waals surface area contributed by atoms with Gasteiger partial charge in [-0.1, -0.05) is 42.5 Å². The van der Waals surface area contributed by atoms with Crippen molar-refractivity contribution >= 4 is 0 Å². The van der Waals surface area contributed by atoms with Gasteiger partial charge in [0, 0.05) is 12.0 Å². The molecule has 0 unspecified atom stereocenters. The molecule has 120 valence electrons. The molecule has 3 heteroatoms. The topological polar surface area (TPSA) is 23.5 Å². The van der Waals surface area contributed by atoms with Crippen LogP contribution in [0, 0.1) is 11.7 Å². The molecule has 3 saturated heterocycles. The summed E-state index contributed by atoms with van der Waals surface area (Å²) in [7, 11) is 0. The van der Waals surface area contributed by atoms with E-state index in [0.29, 0.717) is 5.92 Å². The Morgan fingerprint density at radius 1 is 0.913 bits per heavy atom. The zero-order chi connectivity index (χ0) is 15.8. The number of nitrogens with zero attached hydrogens (tertiary/aromatic N) is 1. The molecule has 2 bridgehead atoms. The van der Waals surface area contributed by atoms with E-state index in [1.807, 2.05) is 30.3 Å². The molecule has 3 atom stereocenters. The maximum Gasteiger partial charge on any atom is 0.123 e. The number of aliphatic hydroxyl groups excluding tert-OH is 1. The van der Waals surface area contributed by atoms with E-state index in [1.54, 1.807) is 0 Å². The predicted octanol–water partition coefficient (Wildman–Crippen LogP) is 3.41. The maximum absolute atomic E-state index is 13.4. The Bertz CT molecular complexity index is 647. The highest BCUT2D eigenvalue weighted by Gasteiger charge is 2.45. The second-order valence-corrected chi connectivity index (χ2v) is 6.79. The highest BCUT2D eigenvalue weighted by molar-refractivity contribution is 5.35. The normalized spacial score (nSPS) is 31.0. The van der Waals surface area contributed by atoms with Gasteiger partial charge in [0.1, 0.15) is 5.82 Å². The van der Waals surface area contributed by atoms with Gasteiger partial charge in [0.05, 0.1) is 6.10 Å². The molecule has 0 radical (unpaired) electrons. The summed E-state index contributed by atoms with van der Waals surface area (Å²) >= 11 is 0.